The third-order valence-corrected chi connectivity index (χ3v) is 9.86. The van der Waals surface area contributed by atoms with Gasteiger partial charge in [-0.2, -0.15) is 13.2 Å². The third kappa shape index (κ3) is 6.43. The van der Waals surface area contributed by atoms with Crippen molar-refractivity contribution >= 4 is 28.5 Å². The molecule has 2 aromatic heterocycles. The summed E-state index contributed by atoms with van der Waals surface area (Å²) in [5.74, 6) is 3.04. The van der Waals surface area contributed by atoms with E-state index in [-0.39, 0.29) is 5.19 Å². The van der Waals surface area contributed by atoms with Crippen molar-refractivity contribution in [3.63, 3.8) is 0 Å². The zero-order valence-corrected chi connectivity index (χ0v) is 21.6. The molecule has 2 atom stereocenters. The highest BCUT2D eigenvalue weighted by Gasteiger charge is 2.42. The lowest BCUT2D eigenvalue weighted by Crippen LogP contribution is -2.35. The van der Waals surface area contributed by atoms with Gasteiger partial charge in [-0.3, -0.25) is 9.69 Å². The van der Waals surface area contributed by atoms with Crippen LogP contribution in [-0.2, 0) is 24.2 Å². The largest absolute Gasteiger partial charge is 0.460 e. The second-order valence-corrected chi connectivity index (χ2v) is 12.8. The number of alkyl halides is 3. The Morgan fingerprint density at radius 2 is 2.00 bits per heavy atom. The molecule has 5 nitrogen and oxygen atoms in total. The number of nitrogens with zero attached hydrogens (tertiary/aromatic N) is 3. The Labute approximate surface area is 212 Å². The van der Waals surface area contributed by atoms with Crippen LogP contribution >= 0.6 is 22.7 Å². The first-order chi connectivity index (χ1) is 16.7. The van der Waals surface area contributed by atoms with Gasteiger partial charge in [-0.05, 0) is 75.7 Å². The van der Waals surface area contributed by atoms with Gasteiger partial charge in [0.25, 0.3) is 5.19 Å². The van der Waals surface area contributed by atoms with Gasteiger partial charge in [0.2, 0.25) is 0 Å². The van der Waals surface area contributed by atoms with Crippen LogP contribution in [0.4, 0.5) is 13.2 Å². The summed E-state index contributed by atoms with van der Waals surface area (Å²) in [7, 11) is 0. The van der Waals surface area contributed by atoms with Crippen LogP contribution in [0.5, 0.6) is 5.19 Å². The number of carbonyl (C=O) groups is 1. The van der Waals surface area contributed by atoms with E-state index in [1.165, 1.54) is 37.0 Å². The van der Waals surface area contributed by atoms with E-state index in [4.69, 9.17) is 4.74 Å². The van der Waals surface area contributed by atoms with Gasteiger partial charge < -0.3 is 4.74 Å². The maximum Gasteiger partial charge on any atom is 0.422 e. The molecule has 0 radical (unpaired) electrons. The van der Waals surface area contributed by atoms with Crippen molar-refractivity contribution in [1.29, 1.82) is 0 Å². The predicted molar refractivity (Wildman–Crippen MR) is 130 cm³/mol. The monoisotopic (exact) mass is 527 g/mol. The van der Waals surface area contributed by atoms with Gasteiger partial charge in [0, 0.05) is 41.9 Å². The Balaban J connectivity index is 1.08. The van der Waals surface area contributed by atoms with Gasteiger partial charge in [0.15, 0.2) is 6.61 Å². The van der Waals surface area contributed by atoms with Crippen LogP contribution in [0.25, 0.3) is 0 Å². The minimum Gasteiger partial charge on any atom is -0.460 e. The second kappa shape index (κ2) is 10.5. The van der Waals surface area contributed by atoms with Crippen LogP contribution in [0.15, 0.2) is 6.20 Å². The lowest BCUT2D eigenvalue weighted by atomic mass is 9.70. The molecule has 5 rings (SSSR count). The number of Topliss-reactive ketones (excluding diaryl/α,β-unsaturated/α-hetero) is 1. The summed E-state index contributed by atoms with van der Waals surface area (Å²) in [5, 5.41) is 1.15. The molecule has 2 unspecified atom stereocenters. The summed E-state index contributed by atoms with van der Waals surface area (Å²) in [4.78, 5) is 25.7. The number of ether oxygens (including phenoxy) is 1. The molecular formula is C25H32F3N3O2S2. The molecule has 2 bridgehead atoms. The Hall–Kier alpha value is -1.52. The second-order valence-electron chi connectivity index (χ2n) is 10.4. The number of fused-ring (bicyclic) bond motifs is 3. The van der Waals surface area contributed by atoms with Crippen LogP contribution in [0.1, 0.15) is 59.0 Å². The lowest BCUT2D eigenvalue weighted by Gasteiger charge is -2.37. The molecule has 192 valence electrons. The van der Waals surface area contributed by atoms with Crippen molar-refractivity contribution in [2.45, 2.75) is 71.0 Å². The molecule has 0 aromatic carbocycles. The molecule has 2 aliphatic carbocycles. The van der Waals surface area contributed by atoms with Gasteiger partial charge in [-0.15, -0.1) is 11.3 Å². The van der Waals surface area contributed by atoms with Gasteiger partial charge >= 0.3 is 6.18 Å². The maximum atomic E-state index is 12.6. The van der Waals surface area contributed by atoms with E-state index in [9.17, 15) is 18.0 Å². The maximum absolute atomic E-state index is 12.6. The number of aryl methyl sites for hydroxylation is 1. The standard InChI is InChI=1S/C25H32F3N3O2S2/c1-15-29-12-20(34-15)11-19(32)10-16-8-17-2-3-18(9-16)21(17)4-6-31-7-5-23-22(13-31)30-24(35-23)33-14-25(26,27)28/h12,16-18,21H,2-11,13-14H2,1H3. The van der Waals surface area contributed by atoms with Crippen LogP contribution in [0.3, 0.4) is 0 Å². The summed E-state index contributed by atoms with van der Waals surface area (Å²) < 4.78 is 42.2. The molecule has 0 amide bonds. The summed E-state index contributed by atoms with van der Waals surface area (Å²) >= 11 is 2.87. The van der Waals surface area contributed by atoms with Crippen molar-refractivity contribution in [3.05, 3.63) is 26.7 Å². The molecule has 2 saturated carbocycles. The van der Waals surface area contributed by atoms with Crippen molar-refractivity contribution < 1.29 is 22.7 Å². The molecular weight excluding hydrogens is 495 g/mol. The highest BCUT2D eigenvalue weighted by atomic mass is 32.1. The summed E-state index contributed by atoms with van der Waals surface area (Å²) in [6, 6.07) is 0. The average Bonchev–Trinajstić information content (AvgIpc) is 3.45. The molecule has 0 saturated heterocycles. The van der Waals surface area contributed by atoms with Crippen molar-refractivity contribution in [2.24, 2.45) is 23.7 Å². The topological polar surface area (TPSA) is 55.3 Å². The molecule has 35 heavy (non-hydrogen) atoms. The van der Waals surface area contributed by atoms with Crippen molar-refractivity contribution in [2.75, 3.05) is 19.7 Å². The molecule has 10 heteroatoms. The first kappa shape index (κ1) is 25.1. The number of rotatable bonds is 9. The first-order valence-electron chi connectivity index (χ1n) is 12.6. The van der Waals surface area contributed by atoms with Gasteiger partial charge in [-0.25, -0.2) is 9.97 Å². The first-order valence-corrected chi connectivity index (χ1v) is 14.2. The van der Waals surface area contributed by atoms with Gasteiger partial charge in [0.05, 0.1) is 10.7 Å². The van der Waals surface area contributed by atoms with Crippen molar-refractivity contribution in [1.82, 2.24) is 14.9 Å². The van der Waals surface area contributed by atoms with E-state index in [2.05, 4.69) is 14.9 Å². The number of hydrogen-bond donors (Lipinski definition) is 0. The highest BCUT2D eigenvalue weighted by molar-refractivity contribution is 7.13. The molecule has 2 fully saturated rings. The number of aromatic nitrogens is 2. The number of carbonyl (C=O) groups excluding carboxylic acids is 1. The van der Waals surface area contributed by atoms with E-state index < -0.39 is 12.8 Å². The summed E-state index contributed by atoms with van der Waals surface area (Å²) in [6.07, 6.45) is 5.61. The molecule has 0 spiro atoms. The van der Waals surface area contributed by atoms with Crippen LogP contribution in [0.2, 0.25) is 0 Å². The Morgan fingerprint density at radius 1 is 1.23 bits per heavy atom. The minimum atomic E-state index is -4.34. The predicted octanol–water partition coefficient (Wildman–Crippen LogP) is 5.85. The van der Waals surface area contributed by atoms with Crippen molar-refractivity contribution in [3.8, 4) is 5.19 Å². The van der Waals surface area contributed by atoms with E-state index in [0.717, 1.165) is 64.1 Å². The van der Waals surface area contributed by atoms with E-state index in [1.807, 2.05) is 13.1 Å². The molecule has 3 heterocycles. The van der Waals surface area contributed by atoms with Gasteiger partial charge in [-0.1, -0.05) is 11.3 Å². The minimum absolute atomic E-state index is 0.130. The average molecular weight is 528 g/mol. The fourth-order valence-corrected chi connectivity index (χ4v) is 8.18. The fourth-order valence-electron chi connectivity index (χ4n) is 6.45. The lowest BCUT2D eigenvalue weighted by molar-refractivity contribution is -0.153. The van der Waals surface area contributed by atoms with E-state index >= 15 is 0 Å². The van der Waals surface area contributed by atoms with E-state index in [1.54, 1.807) is 11.3 Å². The molecule has 1 aliphatic heterocycles. The third-order valence-electron chi connectivity index (χ3n) is 7.87. The zero-order valence-electron chi connectivity index (χ0n) is 20.0. The quantitative estimate of drug-likeness (QED) is 0.409. The van der Waals surface area contributed by atoms with Crippen LogP contribution < -0.4 is 4.74 Å². The Kier molecular flexibility index (Phi) is 7.51. The Bertz CT molecular complexity index is 1020. The van der Waals surface area contributed by atoms with Crippen LogP contribution in [0, 0.1) is 30.6 Å². The Morgan fingerprint density at radius 3 is 2.69 bits per heavy atom. The van der Waals surface area contributed by atoms with Gasteiger partial charge in [0.1, 0.15) is 5.78 Å². The molecule has 2 aromatic rings. The SMILES string of the molecule is Cc1ncc(CC(=O)CC2CC3CCC(C2)C3CCN2CCc3sc(OCC(F)(F)F)nc3C2)s1. The highest BCUT2D eigenvalue weighted by Crippen LogP contribution is 2.51. The van der Waals surface area contributed by atoms with Crippen LogP contribution in [-0.4, -0.2) is 46.5 Å². The summed E-state index contributed by atoms with van der Waals surface area (Å²) in [5.41, 5.74) is 0.875. The zero-order chi connectivity index (χ0) is 24.6. The smallest absolute Gasteiger partial charge is 0.422 e. The number of ketones is 1. The number of halogens is 3. The fraction of sp³-hybridized carbons (Fsp3) is 0.720. The normalized spacial score (nSPS) is 26.6. The number of hydrogen-bond acceptors (Lipinski definition) is 7. The molecule has 3 aliphatic rings. The van der Waals surface area contributed by atoms with E-state index in [0.29, 0.717) is 31.1 Å². The summed E-state index contributed by atoms with van der Waals surface area (Å²) in [6.45, 7) is 3.30. The molecule has 0 N–H and O–H groups in total. The number of thiazole rings is 2.